The summed E-state index contributed by atoms with van der Waals surface area (Å²) in [6, 6.07) is 18.2. The maximum absolute atomic E-state index is 12.0. The first-order valence-corrected chi connectivity index (χ1v) is 9.73. The van der Waals surface area contributed by atoms with E-state index in [1.165, 1.54) is 5.56 Å². The second-order valence-corrected chi connectivity index (χ2v) is 7.17. The number of Topliss-reactive ketones (excluding diaryl/α,β-unsaturated/α-hetero) is 1. The van der Waals surface area contributed by atoms with Crippen LogP contribution >= 0.6 is 0 Å². The average molecular weight is 361 g/mol. The third-order valence-corrected chi connectivity index (χ3v) is 5.22. The molecule has 4 nitrogen and oxygen atoms in total. The number of hydrogen-bond acceptors (Lipinski definition) is 4. The molecule has 3 rings (SSSR count). The summed E-state index contributed by atoms with van der Waals surface area (Å²) in [5.41, 5.74) is 3.63. The molecular weight excluding hydrogens is 334 g/mol. The van der Waals surface area contributed by atoms with Crippen molar-refractivity contribution in [3.05, 3.63) is 65.2 Å². The monoisotopic (exact) mass is 361 g/mol. The zero-order chi connectivity index (χ0) is 19.1. The van der Waals surface area contributed by atoms with Crippen molar-refractivity contribution < 1.29 is 4.79 Å². The lowest BCUT2D eigenvalue weighted by Crippen LogP contribution is -2.32. The number of benzene rings is 2. The average Bonchev–Trinajstić information content (AvgIpc) is 2.94. The Balaban J connectivity index is 1.60. The molecule has 27 heavy (non-hydrogen) atoms. The lowest BCUT2D eigenvalue weighted by atomic mass is 10.1. The van der Waals surface area contributed by atoms with E-state index in [4.69, 9.17) is 0 Å². The topological polar surface area (TPSA) is 47.3 Å². The molecule has 1 aliphatic rings. The number of rotatable bonds is 6. The van der Waals surface area contributed by atoms with Gasteiger partial charge in [0.15, 0.2) is 5.78 Å². The minimum Gasteiger partial charge on any atom is -0.370 e. The van der Waals surface area contributed by atoms with Gasteiger partial charge in [-0.05, 0) is 63.0 Å². The van der Waals surface area contributed by atoms with E-state index in [1.54, 1.807) is 19.1 Å². The normalized spacial score (nSPS) is 15.2. The molecule has 4 heteroatoms. The highest BCUT2D eigenvalue weighted by Gasteiger charge is 2.19. The molecule has 0 aliphatic carbocycles. The van der Waals surface area contributed by atoms with Crippen molar-refractivity contribution in [1.82, 2.24) is 4.90 Å². The molecule has 1 fully saturated rings. The number of anilines is 1. The molecule has 0 aromatic heterocycles. The Labute approximate surface area is 162 Å². The van der Waals surface area contributed by atoms with E-state index in [-0.39, 0.29) is 5.78 Å². The molecule has 2 aromatic carbocycles. The van der Waals surface area contributed by atoms with Crippen molar-refractivity contribution in [1.29, 1.82) is 5.26 Å². The predicted octanol–water partition coefficient (Wildman–Crippen LogP) is 3.91. The largest absolute Gasteiger partial charge is 0.370 e. The minimum atomic E-state index is 0.0541. The molecule has 0 spiro atoms. The highest BCUT2D eigenvalue weighted by Crippen LogP contribution is 2.24. The number of hydrogen-bond donors (Lipinski definition) is 0. The predicted molar refractivity (Wildman–Crippen MR) is 109 cm³/mol. The summed E-state index contributed by atoms with van der Waals surface area (Å²) in [7, 11) is 0. The summed E-state index contributed by atoms with van der Waals surface area (Å²) in [5, 5.41) is 9.22. The van der Waals surface area contributed by atoms with Gasteiger partial charge in [0.05, 0.1) is 11.6 Å². The molecule has 0 atom stereocenters. The van der Waals surface area contributed by atoms with Crippen molar-refractivity contribution in [3.8, 4) is 6.07 Å². The third-order valence-electron chi connectivity index (χ3n) is 5.22. The van der Waals surface area contributed by atoms with Crippen LogP contribution in [-0.2, 0) is 6.42 Å². The van der Waals surface area contributed by atoms with Crippen LogP contribution in [0, 0.1) is 11.3 Å². The highest BCUT2D eigenvalue weighted by molar-refractivity contribution is 6.00. The number of carbonyl (C=O) groups is 1. The van der Waals surface area contributed by atoms with E-state index in [9.17, 15) is 10.1 Å². The minimum absolute atomic E-state index is 0.0541. The van der Waals surface area contributed by atoms with Crippen molar-refractivity contribution in [2.24, 2.45) is 0 Å². The van der Waals surface area contributed by atoms with Crippen LogP contribution in [0.1, 0.15) is 41.3 Å². The van der Waals surface area contributed by atoms with Gasteiger partial charge in [-0.15, -0.1) is 0 Å². The van der Waals surface area contributed by atoms with Crippen LogP contribution in [0.25, 0.3) is 0 Å². The molecule has 0 N–H and O–H groups in total. The summed E-state index contributed by atoms with van der Waals surface area (Å²) >= 11 is 0. The van der Waals surface area contributed by atoms with Crippen LogP contribution in [0.3, 0.4) is 0 Å². The first-order valence-electron chi connectivity index (χ1n) is 9.73. The van der Waals surface area contributed by atoms with Crippen molar-refractivity contribution in [2.75, 3.05) is 37.6 Å². The SMILES string of the molecule is CC(=O)c1ccc(C#N)cc1N1CCCN(CCCc2ccccc2)CC1. The zero-order valence-electron chi connectivity index (χ0n) is 16.0. The number of ketones is 1. The van der Waals surface area contributed by atoms with Gasteiger partial charge in [0.2, 0.25) is 0 Å². The maximum atomic E-state index is 12.0. The number of nitrogens with zero attached hydrogens (tertiary/aromatic N) is 3. The Bertz CT molecular complexity index is 810. The zero-order valence-corrected chi connectivity index (χ0v) is 16.0. The first-order chi connectivity index (χ1) is 13.2. The Morgan fingerprint density at radius 1 is 1.07 bits per heavy atom. The van der Waals surface area contributed by atoms with Gasteiger partial charge < -0.3 is 9.80 Å². The molecule has 0 saturated carbocycles. The van der Waals surface area contributed by atoms with Crippen LogP contribution in [0.4, 0.5) is 5.69 Å². The van der Waals surface area contributed by atoms with Crippen LogP contribution in [0.15, 0.2) is 48.5 Å². The summed E-state index contributed by atoms with van der Waals surface area (Å²) in [6.45, 7) is 6.57. The number of nitriles is 1. The highest BCUT2D eigenvalue weighted by atomic mass is 16.1. The van der Waals surface area contributed by atoms with E-state index in [2.05, 4.69) is 46.2 Å². The summed E-state index contributed by atoms with van der Waals surface area (Å²) in [5.74, 6) is 0.0541. The van der Waals surface area contributed by atoms with E-state index in [1.807, 2.05) is 6.07 Å². The fraction of sp³-hybridized carbons (Fsp3) is 0.391. The Kier molecular flexibility index (Phi) is 6.62. The Morgan fingerprint density at radius 3 is 2.63 bits per heavy atom. The van der Waals surface area contributed by atoms with Crippen LogP contribution in [0.5, 0.6) is 0 Å². The molecule has 1 aliphatic heterocycles. The van der Waals surface area contributed by atoms with Gasteiger partial charge in [-0.25, -0.2) is 0 Å². The molecule has 0 unspecified atom stereocenters. The maximum Gasteiger partial charge on any atom is 0.161 e. The molecule has 0 radical (unpaired) electrons. The lowest BCUT2D eigenvalue weighted by Gasteiger charge is -2.25. The quantitative estimate of drug-likeness (QED) is 0.732. The smallest absolute Gasteiger partial charge is 0.161 e. The first kappa shape index (κ1) is 19.1. The molecular formula is C23H27N3O. The second-order valence-electron chi connectivity index (χ2n) is 7.17. The summed E-state index contributed by atoms with van der Waals surface area (Å²) < 4.78 is 0. The van der Waals surface area contributed by atoms with Crippen LogP contribution < -0.4 is 4.90 Å². The number of carbonyl (C=O) groups excluding carboxylic acids is 1. The van der Waals surface area contributed by atoms with Gasteiger partial charge in [-0.1, -0.05) is 30.3 Å². The van der Waals surface area contributed by atoms with Gasteiger partial charge in [0.25, 0.3) is 0 Å². The molecule has 0 amide bonds. The standard InChI is InChI=1S/C23H27N3O/c1-19(27)22-11-10-21(18-24)17-23(22)26-14-6-13-25(15-16-26)12-5-9-20-7-3-2-4-8-20/h2-4,7-8,10-11,17H,5-6,9,12-16H2,1H3. The van der Waals surface area contributed by atoms with Gasteiger partial charge in [-0.2, -0.15) is 5.26 Å². The van der Waals surface area contributed by atoms with E-state index in [0.29, 0.717) is 11.1 Å². The lowest BCUT2D eigenvalue weighted by molar-refractivity contribution is 0.101. The Hall–Kier alpha value is -2.64. The second kappa shape index (κ2) is 9.34. The van der Waals surface area contributed by atoms with Crippen molar-refractivity contribution in [2.45, 2.75) is 26.2 Å². The van der Waals surface area contributed by atoms with Crippen LogP contribution in [0.2, 0.25) is 0 Å². The third kappa shape index (κ3) is 5.18. The van der Waals surface area contributed by atoms with E-state index in [0.717, 1.165) is 57.7 Å². The summed E-state index contributed by atoms with van der Waals surface area (Å²) in [4.78, 5) is 16.8. The van der Waals surface area contributed by atoms with E-state index >= 15 is 0 Å². The Morgan fingerprint density at radius 2 is 1.89 bits per heavy atom. The van der Waals surface area contributed by atoms with Crippen molar-refractivity contribution in [3.63, 3.8) is 0 Å². The van der Waals surface area contributed by atoms with Crippen molar-refractivity contribution >= 4 is 11.5 Å². The molecule has 1 saturated heterocycles. The fourth-order valence-corrected chi connectivity index (χ4v) is 3.75. The van der Waals surface area contributed by atoms with E-state index < -0.39 is 0 Å². The summed E-state index contributed by atoms with van der Waals surface area (Å²) in [6.07, 6.45) is 3.34. The van der Waals surface area contributed by atoms with Crippen LogP contribution in [-0.4, -0.2) is 43.4 Å². The molecule has 2 aromatic rings. The van der Waals surface area contributed by atoms with Gasteiger partial charge in [0, 0.05) is 30.9 Å². The van der Waals surface area contributed by atoms with Gasteiger partial charge in [0.1, 0.15) is 0 Å². The molecule has 0 bridgehead atoms. The number of aryl methyl sites for hydroxylation is 1. The van der Waals surface area contributed by atoms with Gasteiger partial charge >= 0.3 is 0 Å². The fourth-order valence-electron chi connectivity index (χ4n) is 3.75. The van der Waals surface area contributed by atoms with Gasteiger partial charge in [-0.3, -0.25) is 4.79 Å². The molecule has 1 heterocycles. The molecule has 140 valence electrons.